The normalized spacial score (nSPS) is 18.0. The standard InChI is InChI=1S/C22H24ClN5O4/c1-32-20-17(23)12-24-22(26-20)25-16-6-9-27(13-16)10-7-19(29)28-8-2-3-14-11-15(21(30)31)4-5-18(14)28/h4-5,7,10-12,16H,2-3,6,8-9,13H2,1H3,(H,30,31)(H,24,25,26)/b10-7+/t16-/m1/s1. The zero-order chi connectivity index (χ0) is 22.7. The summed E-state index contributed by atoms with van der Waals surface area (Å²) in [6.07, 6.45) is 7.32. The van der Waals surface area contributed by atoms with Gasteiger partial charge in [-0.2, -0.15) is 4.98 Å². The molecule has 32 heavy (non-hydrogen) atoms. The van der Waals surface area contributed by atoms with Gasteiger partial charge in [-0.1, -0.05) is 11.6 Å². The first kappa shape index (κ1) is 21.9. The molecule has 1 amide bonds. The fourth-order valence-electron chi connectivity index (χ4n) is 4.01. The molecular formula is C22H24ClN5O4. The van der Waals surface area contributed by atoms with Crippen LogP contribution in [0.1, 0.15) is 28.8 Å². The Bertz CT molecular complexity index is 1060. The van der Waals surface area contributed by atoms with Crippen LogP contribution in [0.5, 0.6) is 5.88 Å². The Hall–Kier alpha value is -3.33. The van der Waals surface area contributed by atoms with Gasteiger partial charge in [-0.3, -0.25) is 4.79 Å². The van der Waals surface area contributed by atoms with Crippen molar-refractivity contribution in [1.82, 2.24) is 14.9 Å². The number of benzene rings is 1. The number of carbonyl (C=O) groups excluding carboxylic acids is 1. The molecule has 3 heterocycles. The minimum absolute atomic E-state index is 0.115. The summed E-state index contributed by atoms with van der Waals surface area (Å²) in [6, 6.07) is 5.05. The summed E-state index contributed by atoms with van der Waals surface area (Å²) < 4.78 is 5.12. The number of aryl methyl sites for hydroxylation is 1. The third kappa shape index (κ3) is 4.77. The van der Waals surface area contributed by atoms with E-state index in [0.717, 1.165) is 37.1 Å². The molecule has 0 bridgehead atoms. The third-order valence-electron chi connectivity index (χ3n) is 5.60. The largest absolute Gasteiger partial charge is 0.480 e. The number of fused-ring (bicyclic) bond motifs is 1. The highest BCUT2D eigenvalue weighted by atomic mass is 35.5. The molecule has 0 aliphatic carbocycles. The number of anilines is 2. The number of nitrogens with one attached hydrogen (secondary N) is 1. The van der Waals surface area contributed by atoms with Crippen molar-refractivity contribution in [3.8, 4) is 5.88 Å². The van der Waals surface area contributed by atoms with Crippen molar-refractivity contribution in [3.63, 3.8) is 0 Å². The van der Waals surface area contributed by atoms with Gasteiger partial charge in [0.25, 0.3) is 5.91 Å². The monoisotopic (exact) mass is 457 g/mol. The van der Waals surface area contributed by atoms with Crippen LogP contribution in [0.4, 0.5) is 11.6 Å². The highest BCUT2D eigenvalue weighted by Crippen LogP contribution is 2.28. The van der Waals surface area contributed by atoms with Crippen molar-refractivity contribution in [3.05, 3.63) is 52.8 Å². The summed E-state index contributed by atoms with van der Waals surface area (Å²) >= 11 is 5.97. The number of rotatable bonds is 6. The van der Waals surface area contributed by atoms with Gasteiger partial charge in [0.2, 0.25) is 11.8 Å². The Morgan fingerprint density at radius 1 is 1.34 bits per heavy atom. The number of likely N-dealkylation sites (tertiary alicyclic amines) is 1. The summed E-state index contributed by atoms with van der Waals surface area (Å²) in [4.78, 5) is 36.3. The topological polar surface area (TPSA) is 108 Å². The maximum atomic E-state index is 12.8. The maximum Gasteiger partial charge on any atom is 0.335 e. The number of carboxylic acid groups (broad SMARTS) is 1. The molecular weight excluding hydrogens is 434 g/mol. The molecule has 0 saturated carbocycles. The Labute approximate surface area is 190 Å². The van der Waals surface area contributed by atoms with E-state index in [9.17, 15) is 14.7 Å². The van der Waals surface area contributed by atoms with Gasteiger partial charge in [0.1, 0.15) is 5.02 Å². The second-order valence-electron chi connectivity index (χ2n) is 7.73. The molecule has 2 aromatic rings. The highest BCUT2D eigenvalue weighted by molar-refractivity contribution is 6.31. The highest BCUT2D eigenvalue weighted by Gasteiger charge is 2.24. The van der Waals surface area contributed by atoms with E-state index in [0.29, 0.717) is 29.9 Å². The molecule has 0 radical (unpaired) electrons. The predicted octanol–water partition coefficient (Wildman–Crippen LogP) is 2.82. The SMILES string of the molecule is COc1nc(N[C@@H]2CCN(/C=C/C(=O)N3CCCc4cc(C(=O)O)ccc43)C2)ncc1Cl. The lowest BCUT2D eigenvalue weighted by molar-refractivity contribution is -0.114. The molecule has 10 heteroatoms. The Morgan fingerprint density at radius 2 is 2.19 bits per heavy atom. The van der Waals surface area contributed by atoms with E-state index in [-0.39, 0.29) is 17.5 Å². The van der Waals surface area contributed by atoms with Crippen LogP contribution in [-0.2, 0) is 11.2 Å². The fourth-order valence-corrected chi connectivity index (χ4v) is 4.17. The lowest BCUT2D eigenvalue weighted by Crippen LogP contribution is -2.34. The van der Waals surface area contributed by atoms with Crippen molar-refractivity contribution in [2.75, 3.05) is 37.0 Å². The van der Waals surface area contributed by atoms with Gasteiger partial charge >= 0.3 is 5.97 Å². The van der Waals surface area contributed by atoms with Crippen molar-refractivity contribution >= 4 is 35.1 Å². The smallest absolute Gasteiger partial charge is 0.335 e. The second-order valence-corrected chi connectivity index (χ2v) is 8.14. The second kappa shape index (κ2) is 9.44. The van der Waals surface area contributed by atoms with Crippen LogP contribution in [0.3, 0.4) is 0 Å². The molecule has 1 atom stereocenters. The summed E-state index contributed by atoms with van der Waals surface area (Å²) in [7, 11) is 1.50. The Balaban J connectivity index is 1.36. The fraction of sp³-hybridized carbons (Fsp3) is 0.364. The number of carboxylic acids is 1. The average Bonchev–Trinajstić information content (AvgIpc) is 3.25. The lowest BCUT2D eigenvalue weighted by atomic mass is 9.99. The summed E-state index contributed by atoms with van der Waals surface area (Å²) in [5.41, 5.74) is 1.92. The van der Waals surface area contributed by atoms with E-state index in [1.54, 1.807) is 29.2 Å². The number of aromatic carboxylic acids is 1. The van der Waals surface area contributed by atoms with Crippen LogP contribution in [0.25, 0.3) is 0 Å². The first-order valence-corrected chi connectivity index (χ1v) is 10.8. The Kier molecular flexibility index (Phi) is 6.45. The lowest BCUT2D eigenvalue weighted by Gasteiger charge is -2.29. The number of amides is 1. The van der Waals surface area contributed by atoms with Crippen LogP contribution < -0.4 is 15.0 Å². The van der Waals surface area contributed by atoms with Crippen molar-refractivity contribution in [2.45, 2.75) is 25.3 Å². The minimum Gasteiger partial charge on any atom is -0.480 e. The van der Waals surface area contributed by atoms with Crippen LogP contribution >= 0.6 is 11.6 Å². The maximum absolute atomic E-state index is 12.8. The van der Waals surface area contributed by atoms with Crippen LogP contribution in [0.2, 0.25) is 5.02 Å². The van der Waals surface area contributed by atoms with E-state index >= 15 is 0 Å². The van der Waals surface area contributed by atoms with Crippen molar-refractivity contribution < 1.29 is 19.4 Å². The molecule has 1 fully saturated rings. The van der Waals surface area contributed by atoms with E-state index in [1.165, 1.54) is 13.3 Å². The zero-order valence-electron chi connectivity index (χ0n) is 17.6. The summed E-state index contributed by atoms with van der Waals surface area (Å²) in [5.74, 6) is -0.308. The third-order valence-corrected chi connectivity index (χ3v) is 5.86. The first-order chi connectivity index (χ1) is 15.4. The number of carbonyl (C=O) groups is 2. The number of ether oxygens (including phenoxy) is 1. The van der Waals surface area contributed by atoms with Gasteiger partial charge in [0, 0.05) is 43.6 Å². The number of hydrogen-bond acceptors (Lipinski definition) is 7. The van der Waals surface area contributed by atoms with Crippen molar-refractivity contribution in [2.24, 2.45) is 0 Å². The van der Waals surface area contributed by atoms with Gasteiger partial charge in [-0.05, 0) is 43.0 Å². The molecule has 0 spiro atoms. The molecule has 1 saturated heterocycles. The summed E-state index contributed by atoms with van der Waals surface area (Å²) in [6.45, 7) is 2.11. The van der Waals surface area contributed by atoms with Gasteiger partial charge in [0.05, 0.1) is 18.9 Å². The molecule has 2 aliphatic heterocycles. The number of methoxy groups -OCH3 is 1. The molecule has 1 aromatic heterocycles. The van der Waals surface area contributed by atoms with Gasteiger partial charge in [-0.25, -0.2) is 9.78 Å². The predicted molar refractivity (Wildman–Crippen MR) is 120 cm³/mol. The van der Waals surface area contributed by atoms with Gasteiger partial charge in [0.15, 0.2) is 0 Å². The average molecular weight is 458 g/mol. The molecule has 0 unspecified atom stereocenters. The molecule has 4 rings (SSSR count). The molecule has 168 valence electrons. The van der Waals surface area contributed by atoms with Gasteiger partial charge < -0.3 is 25.0 Å². The van der Waals surface area contributed by atoms with Crippen LogP contribution in [-0.4, -0.2) is 64.6 Å². The van der Waals surface area contributed by atoms with Crippen molar-refractivity contribution in [1.29, 1.82) is 0 Å². The Morgan fingerprint density at radius 3 is 2.97 bits per heavy atom. The molecule has 2 N–H and O–H groups in total. The van der Waals surface area contributed by atoms with Crippen LogP contribution in [0.15, 0.2) is 36.7 Å². The quantitative estimate of drug-likeness (QED) is 0.637. The molecule has 9 nitrogen and oxygen atoms in total. The van der Waals surface area contributed by atoms with Gasteiger partial charge in [-0.15, -0.1) is 0 Å². The number of aromatic nitrogens is 2. The zero-order valence-corrected chi connectivity index (χ0v) is 18.4. The number of nitrogens with zero attached hydrogens (tertiary/aromatic N) is 4. The summed E-state index contributed by atoms with van der Waals surface area (Å²) in [5, 5.41) is 12.8. The van der Waals surface area contributed by atoms with E-state index in [1.807, 2.05) is 6.20 Å². The minimum atomic E-state index is -0.962. The molecule has 2 aliphatic rings. The number of halogens is 1. The first-order valence-electron chi connectivity index (χ1n) is 10.4. The molecule has 1 aromatic carbocycles. The number of hydrogen-bond donors (Lipinski definition) is 2. The van der Waals surface area contributed by atoms with E-state index in [4.69, 9.17) is 16.3 Å². The van der Waals surface area contributed by atoms with E-state index < -0.39 is 5.97 Å². The van der Waals surface area contributed by atoms with Crippen LogP contribution in [0, 0.1) is 0 Å². The van der Waals surface area contributed by atoms with E-state index in [2.05, 4.69) is 20.2 Å².